The van der Waals surface area contributed by atoms with Crippen molar-refractivity contribution in [3.8, 4) is 11.5 Å². The van der Waals surface area contributed by atoms with Crippen molar-refractivity contribution >= 4 is 0 Å². The molecule has 0 saturated carbocycles. The van der Waals surface area contributed by atoms with E-state index in [0.717, 1.165) is 24.3 Å². The van der Waals surface area contributed by atoms with E-state index in [0.29, 0.717) is 13.2 Å². The van der Waals surface area contributed by atoms with Crippen LogP contribution in [0.15, 0.2) is 36.4 Å². The van der Waals surface area contributed by atoms with E-state index in [9.17, 15) is 10.2 Å². The third-order valence-electron chi connectivity index (χ3n) is 6.62. The molecule has 0 bridgehead atoms. The van der Waals surface area contributed by atoms with Gasteiger partial charge in [0.15, 0.2) is 0 Å². The Kier molecular flexibility index (Phi) is 4.91. The summed E-state index contributed by atoms with van der Waals surface area (Å²) in [5, 5.41) is 18.5. The summed E-state index contributed by atoms with van der Waals surface area (Å²) in [5.41, 5.74) is 5.03. The van der Waals surface area contributed by atoms with Crippen LogP contribution in [-0.4, -0.2) is 36.6 Å². The number of rotatable bonds is 6. The minimum absolute atomic E-state index is 0.0106. The fourth-order valence-corrected chi connectivity index (χ4v) is 6.08. The van der Waals surface area contributed by atoms with E-state index >= 15 is 0 Å². The van der Waals surface area contributed by atoms with Crippen molar-refractivity contribution in [1.82, 2.24) is 0 Å². The van der Waals surface area contributed by atoms with Gasteiger partial charge in [0.05, 0.1) is 13.2 Å². The molecule has 2 N–H and O–H groups in total. The Morgan fingerprint density at radius 2 is 1.14 bits per heavy atom. The molecule has 0 aliphatic heterocycles. The first-order valence-corrected chi connectivity index (χ1v) is 10.5. The highest BCUT2D eigenvalue weighted by Crippen LogP contribution is 2.65. The maximum absolute atomic E-state index is 9.25. The van der Waals surface area contributed by atoms with Crippen LogP contribution < -0.4 is 9.47 Å². The zero-order valence-electron chi connectivity index (χ0n) is 17.9. The lowest BCUT2D eigenvalue weighted by Gasteiger charge is -2.30. The Morgan fingerprint density at radius 1 is 0.724 bits per heavy atom. The smallest absolute Gasteiger partial charge is 0.123 e. The molecule has 0 heterocycles. The molecule has 156 valence electrons. The Balaban J connectivity index is 1.91. The molecule has 2 aliphatic rings. The number of aliphatic hydroxyl groups excluding tert-OH is 2. The van der Waals surface area contributed by atoms with E-state index in [1.807, 2.05) is 12.1 Å². The van der Waals surface area contributed by atoms with Crippen LogP contribution in [0.5, 0.6) is 11.5 Å². The molecular weight excluding hydrogens is 364 g/mol. The standard InChI is InChI=1S/C25H32O4/c1-23(2)15-25(17-7-5-9-19(21(17)23)28-13-11-26)16-24(3,4)22-18(25)8-6-10-20(22)29-14-12-27/h5-10,26-27H,11-16H2,1-4H3. The van der Waals surface area contributed by atoms with Gasteiger partial charge < -0.3 is 19.7 Å². The zero-order chi connectivity index (χ0) is 20.9. The van der Waals surface area contributed by atoms with Crippen molar-refractivity contribution in [3.63, 3.8) is 0 Å². The van der Waals surface area contributed by atoms with Gasteiger partial charge in [0.2, 0.25) is 0 Å². The molecule has 0 aromatic heterocycles. The molecule has 0 atom stereocenters. The summed E-state index contributed by atoms with van der Waals surface area (Å²) in [6.45, 7) is 9.81. The summed E-state index contributed by atoms with van der Waals surface area (Å²) in [6.07, 6.45) is 2.02. The lowest BCUT2D eigenvalue weighted by molar-refractivity contribution is 0.198. The first kappa shape index (κ1) is 20.2. The van der Waals surface area contributed by atoms with Gasteiger partial charge in [0.1, 0.15) is 24.7 Å². The largest absolute Gasteiger partial charge is 0.491 e. The van der Waals surface area contributed by atoms with Gasteiger partial charge in [-0.05, 0) is 46.9 Å². The van der Waals surface area contributed by atoms with Crippen LogP contribution in [0.2, 0.25) is 0 Å². The lowest BCUT2D eigenvalue weighted by Crippen LogP contribution is -2.26. The molecule has 4 heteroatoms. The third kappa shape index (κ3) is 3.04. The highest BCUT2D eigenvalue weighted by atomic mass is 16.5. The molecule has 0 fully saturated rings. The van der Waals surface area contributed by atoms with Crippen molar-refractivity contribution in [2.75, 3.05) is 26.4 Å². The van der Waals surface area contributed by atoms with Crippen LogP contribution in [0.4, 0.5) is 0 Å². The SMILES string of the molecule is CC1(C)CC2(CC(C)(C)c3c(OCCO)cccc32)c2cccc(OCCO)c21. The Labute approximate surface area is 173 Å². The van der Waals surface area contributed by atoms with E-state index < -0.39 is 0 Å². The van der Waals surface area contributed by atoms with E-state index in [1.54, 1.807) is 0 Å². The maximum atomic E-state index is 9.25. The average Bonchev–Trinajstić information content (AvgIpc) is 3.05. The van der Waals surface area contributed by atoms with Gasteiger partial charge in [-0.25, -0.2) is 0 Å². The van der Waals surface area contributed by atoms with Gasteiger partial charge in [-0.1, -0.05) is 52.0 Å². The molecule has 1 spiro atoms. The van der Waals surface area contributed by atoms with Gasteiger partial charge in [0, 0.05) is 16.5 Å². The number of benzene rings is 2. The van der Waals surface area contributed by atoms with E-state index in [-0.39, 0.29) is 29.5 Å². The molecule has 2 aromatic rings. The summed E-state index contributed by atoms with van der Waals surface area (Å²) in [6, 6.07) is 12.7. The number of aliphatic hydroxyl groups is 2. The number of fused-ring (bicyclic) bond motifs is 4. The molecule has 2 aromatic carbocycles. The summed E-state index contributed by atoms with van der Waals surface area (Å²) in [5.74, 6) is 1.77. The second kappa shape index (κ2) is 7.03. The van der Waals surface area contributed by atoms with Crippen LogP contribution in [0, 0.1) is 0 Å². The first-order valence-electron chi connectivity index (χ1n) is 10.5. The van der Waals surface area contributed by atoms with E-state index in [2.05, 4.69) is 52.0 Å². The maximum Gasteiger partial charge on any atom is 0.123 e. The quantitative estimate of drug-likeness (QED) is 0.773. The van der Waals surface area contributed by atoms with Crippen molar-refractivity contribution in [2.24, 2.45) is 0 Å². The zero-order valence-corrected chi connectivity index (χ0v) is 17.9. The first-order chi connectivity index (χ1) is 13.8. The second-order valence-electron chi connectivity index (χ2n) is 9.70. The van der Waals surface area contributed by atoms with Gasteiger partial charge in [0.25, 0.3) is 0 Å². The molecule has 4 nitrogen and oxygen atoms in total. The van der Waals surface area contributed by atoms with Gasteiger partial charge in [-0.3, -0.25) is 0 Å². The Morgan fingerprint density at radius 3 is 1.52 bits per heavy atom. The topological polar surface area (TPSA) is 58.9 Å². The summed E-state index contributed by atoms with van der Waals surface area (Å²) in [7, 11) is 0. The molecule has 29 heavy (non-hydrogen) atoms. The third-order valence-corrected chi connectivity index (χ3v) is 6.62. The minimum Gasteiger partial charge on any atom is -0.491 e. The highest BCUT2D eigenvalue weighted by Gasteiger charge is 2.57. The van der Waals surface area contributed by atoms with Crippen molar-refractivity contribution in [1.29, 1.82) is 0 Å². The predicted molar refractivity (Wildman–Crippen MR) is 114 cm³/mol. The monoisotopic (exact) mass is 396 g/mol. The molecule has 4 rings (SSSR count). The van der Waals surface area contributed by atoms with Crippen molar-refractivity contribution < 1.29 is 19.7 Å². The van der Waals surface area contributed by atoms with Crippen LogP contribution in [0.25, 0.3) is 0 Å². The number of ether oxygens (including phenoxy) is 2. The fraction of sp³-hybridized carbons (Fsp3) is 0.520. The van der Waals surface area contributed by atoms with Crippen molar-refractivity contribution in [2.45, 2.75) is 56.8 Å². The van der Waals surface area contributed by atoms with Crippen LogP contribution >= 0.6 is 0 Å². The number of hydrogen-bond donors (Lipinski definition) is 2. The van der Waals surface area contributed by atoms with Crippen LogP contribution in [0.1, 0.15) is 62.8 Å². The fourth-order valence-electron chi connectivity index (χ4n) is 6.08. The van der Waals surface area contributed by atoms with Crippen LogP contribution in [0.3, 0.4) is 0 Å². The lowest BCUT2D eigenvalue weighted by atomic mass is 9.72. The Hall–Kier alpha value is -2.04. The Bertz CT molecular complexity index is 838. The van der Waals surface area contributed by atoms with Gasteiger partial charge >= 0.3 is 0 Å². The van der Waals surface area contributed by atoms with E-state index in [1.165, 1.54) is 22.3 Å². The number of hydrogen-bond acceptors (Lipinski definition) is 4. The summed E-state index contributed by atoms with van der Waals surface area (Å²) in [4.78, 5) is 0. The van der Waals surface area contributed by atoms with Crippen LogP contribution in [-0.2, 0) is 16.2 Å². The molecule has 0 unspecified atom stereocenters. The van der Waals surface area contributed by atoms with Crippen molar-refractivity contribution in [3.05, 3.63) is 58.7 Å². The molecular formula is C25H32O4. The molecule has 0 radical (unpaired) electrons. The summed E-state index contributed by atoms with van der Waals surface area (Å²) >= 11 is 0. The molecule has 2 aliphatic carbocycles. The van der Waals surface area contributed by atoms with Gasteiger partial charge in [-0.2, -0.15) is 0 Å². The second-order valence-corrected chi connectivity index (χ2v) is 9.70. The normalized spacial score (nSPS) is 19.8. The van der Waals surface area contributed by atoms with E-state index in [4.69, 9.17) is 9.47 Å². The highest BCUT2D eigenvalue weighted by molar-refractivity contribution is 5.64. The molecule has 0 amide bonds. The summed E-state index contributed by atoms with van der Waals surface area (Å²) < 4.78 is 11.9. The van der Waals surface area contributed by atoms with Gasteiger partial charge in [-0.15, -0.1) is 0 Å². The molecule has 0 saturated heterocycles. The minimum atomic E-state index is -0.0885. The average molecular weight is 397 g/mol. The predicted octanol–water partition coefficient (Wildman–Crippen LogP) is 4.08.